The lowest BCUT2D eigenvalue weighted by Crippen LogP contribution is -2.49. The Morgan fingerprint density at radius 2 is 1.75 bits per heavy atom. The topological polar surface area (TPSA) is 62.8 Å². The lowest BCUT2D eigenvalue weighted by molar-refractivity contribution is 0.156. The molecule has 0 saturated carbocycles. The molecule has 0 spiro atoms. The summed E-state index contributed by atoms with van der Waals surface area (Å²) in [7, 11) is 3.26. The second-order valence-corrected chi connectivity index (χ2v) is 7.95. The SMILES string of the molecule is COc1ccc(OC)c(C(C)NC(=O)NCC(C(C)C)N2CCCCCC2)c1. The van der Waals surface area contributed by atoms with Crippen molar-refractivity contribution in [2.75, 3.05) is 33.9 Å². The quantitative estimate of drug-likeness (QED) is 0.704. The van der Waals surface area contributed by atoms with Crippen LogP contribution in [0.15, 0.2) is 18.2 Å². The third-order valence-electron chi connectivity index (χ3n) is 5.60. The number of benzene rings is 1. The van der Waals surface area contributed by atoms with Gasteiger partial charge in [-0.3, -0.25) is 4.90 Å². The predicted molar refractivity (Wildman–Crippen MR) is 113 cm³/mol. The zero-order chi connectivity index (χ0) is 20.5. The standard InChI is InChI=1S/C22H37N3O3/c1-16(2)20(25-12-8-6-7-9-13-25)15-23-22(26)24-17(3)19-14-18(27-4)10-11-21(19)28-5/h10-11,14,16-17,20H,6-9,12-13,15H2,1-5H3,(H2,23,24,26). The molecule has 1 saturated heterocycles. The third kappa shape index (κ3) is 6.30. The van der Waals surface area contributed by atoms with Crippen LogP contribution >= 0.6 is 0 Å². The van der Waals surface area contributed by atoms with Crippen molar-refractivity contribution in [2.45, 2.75) is 58.5 Å². The Bertz CT molecular complexity index is 613. The molecule has 0 radical (unpaired) electrons. The molecule has 0 bridgehead atoms. The molecule has 0 aromatic heterocycles. The zero-order valence-corrected chi connectivity index (χ0v) is 18.1. The number of rotatable bonds is 8. The summed E-state index contributed by atoms with van der Waals surface area (Å²) >= 11 is 0. The van der Waals surface area contributed by atoms with Crippen molar-refractivity contribution < 1.29 is 14.3 Å². The summed E-state index contributed by atoms with van der Waals surface area (Å²) in [5, 5.41) is 6.11. The van der Waals surface area contributed by atoms with Gasteiger partial charge in [0, 0.05) is 18.2 Å². The van der Waals surface area contributed by atoms with Crippen molar-refractivity contribution in [3.8, 4) is 11.5 Å². The lowest BCUT2D eigenvalue weighted by Gasteiger charge is -2.33. The first-order valence-electron chi connectivity index (χ1n) is 10.5. The molecule has 6 nitrogen and oxygen atoms in total. The van der Waals surface area contributed by atoms with E-state index in [1.54, 1.807) is 14.2 Å². The molecule has 1 aliphatic heterocycles. The number of carbonyl (C=O) groups excluding carboxylic acids is 1. The lowest BCUT2D eigenvalue weighted by atomic mass is 10.0. The number of urea groups is 1. The van der Waals surface area contributed by atoms with Crippen molar-refractivity contribution in [1.82, 2.24) is 15.5 Å². The van der Waals surface area contributed by atoms with Crippen LogP contribution < -0.4 is 20.1 Å². The Balaban J connectivity index is 1.94. The van der Waals surface area contributed by atoms with Crippen LogP contribution in [0, 0.1) is 5.92 Å². The van der Waals surface area contributed by atoms with E-state index in [1.165, 1.54) is 25.7 Å². The molecule has 1 aromatic carbocycles. The van der Waals surface area contributed by atoms with E-state index in [-0.39, 0.29) is 12.1 Å². The number of hydrogen-bond acceptors (Lipinski definition) is 4. The fraction of sp³-hybridized carbons (Fsp3) is 0.682. The number of ether oxygens (including phenoxy) is 2. The molecule has 1 heterocycles. The van der Waals surface area contributed by atoms with Crippen molar-refractivity contribution in [3.05, 3.63) is 23.8 Å². The Morgan fingerprint density at radius 1 is 1.07 bits per heavy atom. The van der Waals surface area contributed by atoms with Gasteiger partial charge >= 0.3 is 6.03 Å². The Labute approximate surface area is 170 Å². The minimum atomic E-state index is -0.194. The van der Waals surface area contributed by atoms with E-state index in [0.717, 1.165) is 30.2 Å². The second kappa shape index (κ2) is 11.1. The number of nitrogens with one attached hydrogen (secondary N) is 2. The van der Waals surface area contributed by atoms with E-state index in [9.17, 15) is 4.79 Å². The molecule has 2 rings (SSSR count). The first kappa shape index (κ1) is 22.3. The molecule has 1 fully saturated rings. The minimum absolute atomic E-state index is 0.155. The molecule has 2 atom stereocenters. The first-order chi connectivity index (χ1) is 13.5. The van der Waals surface area contributed by atoms with Crippen LogP contribution in [-0.4, -0.2) is 50.8 Å². The van der Waals surface area contributed by atoms with Crippen LogP contribution in [0.25, 0.3) is 0 Å². The van der Waals surface area contributed by atoms with Crippen LogP contribution in [0.4, 0.5) is 4.79 Å². The number of amides is 2. The maximum atomic E-state index is 12.5. The molecule has 158 valence electrons. The van der Waals surface area contributed by atoms with Gasteiger partial charge in [0.05, 0.1) is 20.3 Å². The highest BCUT2D eigenvalue weighted by molar-refractivity contribution is 5.74. The van der Waals surface area contributed by atoms with Gasteiger partial charge < -0.3 is 20.1 Å². The Hall–Kier alpha value is -1.95. The zero-order valence-electron chi connectivity index (χ0n) is 18.1. The minimum Gasteiger partial charge on any atom is -0.497 e. The van der Waals surface area contributed by atoms with Gasteiger partial charge in [0.25, 0.3) is 0 Å². The number of hydrogen-bond donors (Lipinski definition) is 2. The van der Waals surface area contributed by atoms with E-state index in [0.29, 0.717) is 18.5 Å². The van der Waals surface area contributed by atoms with Gasteiger partial charge in [-0.05, 0) is 57.0 Å². The first-order valence-corrected chi connectivity index (χ1v) is 10.5. The highest BCUT2D eigenvalue weighted by Gasteiger charge is 2.23. The predicted octanol–water partition coefficient (Wildman–Crippen LogP) is 3.96. The van der Waals surface area contributed by atoms with Gasteiger partial charge in [0.2, 0.25) is 0 Å². The number of nitrogens with zero attached hydrogens (tertiary/aromatic N) is 1. The summed E-state index contributed by atoms with van der Waals surface area (Å²) in [6, 6.07) is 5.63. The van der Waals surface area contributed by atoms with Crippen LogP contribution in [-0.2, 0) is 0 Å². The smallest absolute Gasteiger partial charge is 0.315 e. The average molecular weight is 392 g/mol. The van der Waals surface area contributed by atoms with Crippen molar-refractivity contribution in [1.29, 1.82) is 0 Å². The summed E-state index contributed by atoms with van der Waals surface area (Å²) in [5.41, 5.74) is 0.893. The average Bonchev–Trinajstić information content (AvgIpc) is 2.96. The maximum Gasteiger partial charge on any atom is 0.315 e. The molecule has 28 heavy (non-hydrogen) atoms. The summed E-state index contributed by atoms with van der Waals surface area (Å²) in [4.78, 5) is 15.1. The molecule has 2 amide bonds. The monoisotopic (exact) mass is 391 g/mol. The van der Waals surface area contributed by atoms with Crippen molar-refractivity contribution in [3.63, 3.8) is 0 Å². The van der Waals surface area contributed by atoms with Gasteiger partial charge in [-0.25, -0.2) is 4.79 Å². The van der Waals surface area contributed by atoms with Crippen LogP contribution in [0.2, 0.25) is 0 Å². The van der Waals surface area contributed by atoms with Crippen molar-refractivity contribution >= 4 is 6.03 Å². The van der Waals surface area contributed by atoms with Gasteiger partial charge in [-0.15, -0.1) is 0 Å². The van der Waals surface area contributed by atoms with Gasteiger partial charge in [-0.2, -0.15) is 0 Å². The summed E-state index contributed by atoms with van der Waals surface area (Å²) in [6.45, 7) is 9.34. The normalized spacial score (nSPS) is 17.5. The fourth-order valence-corrected chi connectivity index (χ4v) is 3.91. The van der Waals surface area contributed by atoms with E-state index in [4.69, 9.17) is 9.47 Å². The van der Waals surface area contributed by atoms with Gasteiger partial charge in [0.15, 0.2) is 0 Å². The summed E-state index contributed by atoms with van der Waals surface area (Å²) in [5.74, 6) is 1.97. The maximum absolute atomic E-state index is 12.5. The van der Waals surface area contributed by atoms with E-state index < -0.39 is 0 Å². The second-order valence-electron chi connectivity index (χ2n) is 7.95. The molecule has 2 N–H and O–H groups in total. The van der Waals surface area contributed by atoms with Crippen molar-refractivity contribution in [2.24, 2.45) is 5.92 Å². The van der Waals surface area contributed by atoms with Crippen LogP contribution in [0.3, 0.4) is 0 Å². The third-order valence-corrected chi connectivity index (χ3v) is 5.60. The highest BCUT2D eigenvalue weighted by Crippen LogP contribution is 2.29. The molecule has 1 aliphatic rings. The Kier molecular flexibility index (Phi) is 8.90. The van der Waals surface area contributed by atoms with Gasteiger partial charge in [0.1, 0.15) is 11.5 Å². The number of methoxy groups -OCH3 is 2. The summed E-state index contributed by atoms with van der Waals surface area (Å²) in [6.07, 6.45) is 5.13. The molecular formula is C22H37N3O3. The summed E-state index contributed by atoms with van der Waals surface area (Å²) < 4.78 is 10.7. The Morgan fingerprint density at radius 3 is 2.32 bits per heavy atom. The van der Waals surface area contributed by atoms with Crippen LogP contribution in [0.5, 0.6) is 11.5 Å². The van der Waals surface area contributed by atoms with Gasteiger partial charge in [-0.1, -0.05) is 26.7 Å². The highest BCUT2D eigenvalue weighted by atomic mass is 16.5. The van der Waals surface area contributed by atoms with E-state index >= 15 is 0 Å². The number of carbonyl (C=O) groups is 1. The molecule has 0 aliphatic carbocycles. The van der Waals surface area contributed by atoms with Crippen LogP contribution in [0.1, 0.15) is 58.1 Å². The molecule has 6 heteroatoms. The number of likely N-dealkylation sites (tertiary alicyclic amines) is 1. The van der Waals surface area contributed by atoms with E-state index in [1.807, 2.05) is 25.1 Å². The molecule has 1 aromatic rings. The largest absolute Gasteiger partial charge is 0.497 e. The fourth-order valence-electron chi connectivity index (χ4n) is 3.91. The molecule has 2 unspecified atom stereocenters. The van der Waals surface area contributed by atoms with E-state index in [2.05, 4.69) is 29.4 Å². The molecular weight excluding hydrogens is 354 g/mol.